The molecule has 4 saturated carbocycles. The molecule has 61 heavy (non-hydrogen) atoms. The van der Waals surface area contributed by atoms with Gasteiger partial charge in [-0.15, -0.1) is 0 Å². The van der Waals surface area contributed by atoms with Crippen LogP contribution in [-0.2, 0) is 57.1 Å². The number of hydrogen-bond donors (Lipinski definition) is 4. The lowest BCUT2D eigenvalue weighted by Gasteiger charge is -2.37. The van der Waals surface area contributed by atoms with Gasteiger partial charge in [-0.05, 0) is 85.5 Å². The first kappa shape index (κ1) is 43.5. The number of amides is 5. The summed E-state index contributed by atoms with van der Waals surface area (Å²) in [6, 6.07) is -0.0101. The summed E-state index contributed by atoms with van der Waals surface area (Å²) in [6.07, 6.45) is 4.68. The van der Waals surface area contributed by atoms with Crippen molar-refractivity contribution in [2.45, 2.75) is 158 Å². The molecule has 20 heteroatoms. The van der Waals surface area contributed by atoms with E-state index in [4.69, 9.17) is 14.2 Å². The summed E-state index contributed by atoms with van der Waals surface area (Å²) in [5, 5.41) is 4.46. The Hall–Kier alpha value is -4.17. The van der Waals surface area contributed by atoms with Gasteiger partial charge in [-0.2, -0.15) is 0 Å². The Labute approximate surface area is 357 Å². The van der Waals surface area contributed by atoms with E-state index in [1.54, 1.807) is 20.8 Å². The highest BCUT2D eigenvalue weighted by molar-refractivity contribution is 7.91. The van der Waals surface area contributed by atoms with Crippen molar-refractivity contribution in [2.24, 2.45) is 17.3 Å². The first-order chi connectivity index (χ1) is 28.8. The van der Waals surface area contributed by atoms with Crippen LogP contribution < -0.4 is 29.6 Å². The van der Waals surface area contributed by atoms with Crippen molar-refractivity contribution in [2.75, 3.05) is 13.3 Å². The fraction of sp³-hybridized carbons (Fsp3) is 0.732. The summed E-state index contributed by atoms with van der Waals surface area (Å²) >= 11 is 0. The number of rotatable bonds is 14. The molecule has 5 amide bonds. The Balaban J connectivity index is 1.03. The van der Waals surface area contributed by atoms with Crippen molar-refractivity contribution in [1.29, 1.82) is 0 Å². The number of ether oxygens (including phenoxy) is 3. The van der Waals surface area contributed by atoms with Crippen molar-refractivity contribution in [1.82, 2.24) is 29.9 Å². The average Bonchev–Trinajstić information content (AvgIpc) is 4.16. The lowest BCUT2D eigenvalue weighted by molar-refractivity contribution is -0.145. The predicted octanol–water partition coefficient (Wildman–Crippen LogP) is 2.29. The summed E-state index contributed by atoms with van der Waals surface area (Å²) in [5.41, 5.74) is -0.765. The maximum absolute atomic E-state index is 14.9. The molecule has 8 rings (SSSR count). The molecule has 3 aliphatic heterocycles. The van der Waals surface area contributed by atoms with E-state index < -0.39 is 95.5 Å². The van der Waals surface area contributed by atoms with Crippen LogP contribution in [0.15, 0.2) is 12.1 Å². The number of carbonyl (C=O) groups is 5. The van der Waals surface area contributed by atoms with Crippen LogP contribution in [0.1, 0.15) is 116 Å². The Morgan fingerprint density at radius 3 is 2.05 bits per heavy atom. The summed E-state index contributed by atoms with van der Waals surface area (Å²) in [6.45, 7) is 7.41. The zero-order valence-electron chi connectivity index (χ0n) is 35.2. The quantitative estimate of drug-likeness (QED) is 0.211. The number of nitrogens with zero attached hydrogens (tertiary/aromatic N) is 2. The van der Waals surface area contributed by atoms with Crippen molar-refractivity contribution in [3.63, 3.8) is 0 Å². The van der Waals surface area contributed by atoms with Gasteiger partial charge in [0.1, 0.15) is 29.8 Å². The van der Waals surface area contributed by atoms with Crippen molar-refractivity contribution in [3.8, 4) is 11.5 Å². The van der Waals surface area contributed by atoms with Gasteiger partial charge in [0.05, 0.1) is 17.0 Å². The second-order valence-corrected chi connectivity index (χ2v) is 23.0. The van der Waals surface area contributed by atoms with E-state index >= 15 is 0 Å². The fourth-order valence-corrected chi connectivity index (χ4v) is 12.3. The van der Waals surface area contributed by atoms with Gasteiger partial charge in [0.15, 0.2) is 11.5 Å². The van der Waals surface area contributed by atoms with Gasteiger partial charge in [-0.1, -0.05) is 53.4 Å². The molecule has 0 aromatic heterocycles. The summed E-state index contributed by atoms with van der Waals surface area (Å²) in [5.74, 6) is -2.35. The van der Waals surface area contributed by atoms with E-state index in [1.807, 2.05) is 19.1 Å². The third-order valence-electron chi connectivity index (χ3n) is 13.4. The van der Waals surface area contributed by atoms with Crippen LogP contribution in [0.2, 0.25) is 0 Å². The Kier molecular flexibility index (Phi) is 11.5. The number of sulfonamides is 2. The van der Waals surface area contributed by atoms with Crippen LogP contribution in [0.3, 0.4) is 0 Å². The smallest absolute Gasteiger partial charge is 0.410 e. The molecule has 6 atom stereocenters. The molecule has 336 valence electrons. The average molecular weight is 891 g/mol. The van der Waals surface area contributed by atoms with Crippen molar-refractivity contribution in [3.05, 3.63) is 23.3 Å². The molecular formula is C41H58N6O12S2. The normalized spacial score (nSPS) is 27.2. The number of benzene rings is 1. The first-order valence-electron chi connectivity index (χ1n) is 21.7. The van der Waals surface area contributed by atoms with Gasteiger partial charge in [-0.25, -0.2) is 26.4 Å². The highest BCUT2D eigenvalue weighted by Crippen LogP contribution is 2.47. The van der Waals surface area contributed by atoms with Crippen LogP contribution in [0, 0.1) is 17.3 Å². The van der Waals surface area contributed by atoms with Crippen molar-refractivity contribution >= 4 is 49.8 Å². The van der Waals surface area contributed by atoms with Gasteiger partial charge >= 0.3 is 6.09 Å². The van der Waals surface area contributed by atoms with E-state index in [2.05, 4.69) is 20.1 Å². The molecule has 0 bridgehead atoms. The van der Waals surface area contributed by atoms with Gasteiger partial charge in [0, 0.05) is 19.5 Å². The molecule has 1 aromatic rings. The second-order valence-electron chi connectivity index (χ2n) is 19.1. The van der Waals surface area contributed by atoms with E-state index in [9.17, 15) is 40.8 Å². The Bertz CT molecular complexity index is 2150. The summed E-state index contributed by atoms with van der Waals surface area (Å²) in [7, 11) is -7.72. The SMILES string of the molecule is CC[C@H]1C[C@@]1(NC(=O)[C@@H]1C[C@@H](OC(=O)N2Cc3cc4c(cc3C2)OCO4)CN1C(=O)[C@@H](NC(=O)[C@@H](NS(=O)(=O)C1CC1)C1CCCCC1)C(C)(C)C)C(=O)NS(=O)(=O)C1CC1. The van der Waals surface area contributed by atoms with Crippen LogP contribution >= 0.6 is 0 Å². The fourth-order valence-electron chi connectivity index (χ4n) is 9.33. The van der Waals surface area contributed by atoms with Gasteiger partial charge < -0.3 is 29.7 Å². The number of nitrogens with one attached hydrogen (secondary N) is 4. The zero-order valence-corrected chi connectivity index (χ0v) is 36.8. The maximum Gasteiger partial charge on any atom is 0.410 e. The van der Waals surface area contributed by atoms with Crippen molar-refractivity contribution < 1.29 is 55.0 Å². The molecule has 4 aliphatic carbocycles. The highest BCUT2D eigenvalue weighted by Gasteiger charge is 2.62. The van der Waals surface area contributed by atoms with E-state index in [0.29, 0.717) is 56.4 Å². The third kappa shape index (κ3) is 9.03. The Morgan fingerprint density at radius 2 is 1.49 bits per heavy atom. The third-order valence-corrected chi connectivity index (χ3v) is 17.1. The van der Waals surface area contributed by atoms with E-state index in [1.165, 1.54) is 9.80 Å². The summed E-state index contributed by atoms with van der Waals surface area (Å²) in [4.78, 5) is 73.9. The minimum absolute atomic E-state index is 0.111. The van der Waals surface area contributed by atoms with Gasteiger partial charge in [0.2, 0.25) is 44.6 Å². The monoisotopic (exact) mass is 890 g/mol. The second kappa shape index (κ2) is 16.2. The predicted molar refractivity (Wildman–Crippen MR) is 218 cm³/mol. The molecule has 0 spiro atoms. The molecule has 4 N–H and O–H groups in total. The lowest BCUT2D eigenvalue weighted by atomic mass is 9.82. The molecule has 3 heterocycles. The minimum Gasteiger partial charge on any atom is -0.454 e. The molecule has 5 fully saturated rings. The number of likely N-dealkylation sites (tertiary alicyclic amines) is 1. The summed E-state index contributed by atoms with van der Waals surface area (Å²) < 4.78 is 73.9. The van der Waals surface area contributed by atoms with E-state index in [0.717, 1.165) is 30.4 Å². The molecule has 0 radical (unpaired) electrons. The molecule has 1 aromatic carbocycles. The zero-order chi connectivity index (χ0) is 43.6. The minimum atomic E-state index is -3.94. The first-order valence-corrected chi connectivity index (χ1v) is 24.8. The van der Waals surface area contributed by atoms with E-state index in [-0.39, 0.29) is 51.1 Å². The molecule has 0 unspecified atom stereocenters. The van der Waals surface area contributed by atoms with Crippen LogP contribution in [0.5, 0.6) is 11.5 Å². The van der Waals surface area contributed by atoms with Crippen LogP contribution in [0.4, 0.5) is 4.79 Å². The number of hydrogen-bond acceptors (Lipinski definition) is 12. The number of fused-ring (bicyclic) bond motifs is 2. The van der Waals surface area contributed by atoms with Crippen LogP contribution in [0.25, 0.3) is 0 Å². The highest BCUT2D eigenvalue weighted by atomic mass is 32.2. The molecular weight excluding hydrogens is 833 g/mol. The molecule has 7 aliphatic rings. The molecule has 1 saturated heterocycles. The molecule has 18 nitrogen and oxygen atoms in total. The Morgan fingerprint density at radius 1 is 0.885 bits per heavy atom. The maximum atomic E-state index is 14.9. The van der Waals surface area contributed by atoms with Gasteiger partial charge in [0.25, 0.3) is 5.91 Å². The van der Waals surface area contributed by atoms with Crippen LogP contribution in [-0.4, -0.2) is 110 Å². The number of carbonyl (C=O) groups excluding carboxylic acids is 5. The standard InChI is InChI=1S/C41H58N6O12S2/c1-5-26-18-41(26,38(51)45-61(55,56)29-13-14-29)43-35(48)30-17-27(59-39(52)46-19-24-15-31-32(58-22-57-31)16-25(24)20-46)21-47(30)37(50)34(40(2,3)4)42-36(49)33(23-9-7-6-8-10-23)44-60(53,54)28-11-12-28/h15-16,23,26-30,33-34,44H,5-14,17-22H2,1-4H3,(H,42,49)(H,43,48)(H,45,51)/t26-,27+,30-,33-,34+,41-/m0/s1. The largest absolute Gasteiger partial charge is 0.454 e. The lowest BCUT2D eigenvalue weighted by Crippen LogP contribution is -2.62. The van der Waals surface area contributed by atoms with Gasteiger partial charge in [-0.3, -0.25) is 28.8 Å². The topological polar surface area (TPSA) is 236 Å².